The van der Waals surface area contributed by atoms with E-state index < -0.39 is 5.54 Å². The lowest BCUT2D eigenvalue weighted by molar-refractivity contribution is -0.134. The molecule has 2 aromatic carbocycles. The number of nitrogens with zero attached hydrogens (tertiary/aromatic N) is 2. The summed E-state index contributed by atoms with van der Waals surface area (Å²) in [5, 5.41) is 4.36. The summed E-state index contributed by atoms with van der Waals surface area (Å²) in [5.74, 6) is 0.649. The number of nitrogens with one attached hydrogen (secondary N) is 1. The van der Waals surface area contributed by atoms with Gasteiger partial charge in [-0.2, -0.15) is 0 Å². The van der Waals surface area contributed by atoms with Crippen LogP contribution in [-0.2, 0) is 17.9 Å². The summed E-state index contributed by atoms with van der Waals surface area (Å²) in [5.41, 5.74) is 1.60. The molecule has 0 unspecified atom stereocenters. The minimum atomic E-state index is -1.00. The molecular formula is C30H37N3O3. The normalized spacial score (nSPS) is 20.7. The monoisotopic (exact) mass is 487 g/mol. The third kappa shape index (κ3) is 4.73. The number of hydrogen-bond acceptors (Lipinski definition) is 3. The predicted molar refractivity (Wildman–Crippen MR) is 142 cm³/mol. The van der Waals surface area contributed by atoms with Crippen LogP contribution in [0.2, 0.25) is 0 Å². The highest BCUT2D eigenvalue weighted by Gasteiger charge is 2.48. The number of carbonyl (C=O) groups excluding carboxylic acids is 2. The molecule has 0 radical (unpaired) electrons. The number of fused-ring (bicyclic) bond motifs is 3. The Labute approximate surface area is 213 Å². The fourth-order valence-corrected chi connectivity index (χ4v) is 5.61. The van der Waals surface area contributed by atoms with Gasteiger partial charge in [0.2, 0.25) is 5.91 Å². The van der Waals surface area contributed by atoms with Gasteiger partial charge in [-0.3, -0.25) is 9.59 Å². The van der Waals surface area contributed by atoms with E-state index in [0.29, 0.717) is 25.4 Å². The van der Waals surface area contributed by atoms with Gasteiger partial charge in [-0.15, -0.1) is 0 Å². The van der Waals surface area contributed by atoms with Crippen LogP contribution in [0.4, 0.5) is 0 Å². The fraction of sp³-hybridized carbons (Fsp3) is 0.467. The molecule has 36 heavy (non-hydrogen) atoms. The number of para-hydroxylation sites is 1. The Morgan fingerprint density at radius 3 is 2.50 bits per heavy atom. The van der Waals surface area contributed by atoms with E-state index in [-0.39, 0.29) is 17.9 Å². The summed E-state index contributed by atoms with van der Waals surface area (Å²) in [6.07, 6.45) is 7.70. The van der Waals surface area contributed by atoms with Crippen LogP contribution in [-0.4, -0.2) is 39.5 Å². The highest BCUT2D eigenvalue weighted by molar-refractivity contribution is 6.03. The molecule has 6 nitrogen and oxygen atoms in total. The molecule has 0 spiro atoms. The summed E-state index contributed by atoms with van der Waals surface area (Å²) < 4.78 is 7.76. The van der Waals surface area contributed by atoms with E-state index >= 15 is 0 Å². The highest BCUT2D eigenvalue weighted by Crippen LogP contribution is 2.34. The van der Waals surface area contributed by atoms with Gasteiger partial charge in [-0.1, -0.05) is 62.9 Å². The lowest BCUT2D eigenvalue weighted by Gasteiger charge is -2.44. The fourth-order valence-electron chi connectivity index (χ4n) is 5.61. The maximum absolute atomic E-state index is 14.0. The van der Waals surface area contributed by atoms with Gasteiger partial charge in [0, 0.05) is 23.5 Å². The van der Waals surface area contributed by atoms with Crippen LogP contribution in [0.1, 0.15) is 74.8 Å². The molecule has 2 aliphatic rings. The Morgan fingerprint density at radius 1 is 1.06 bits per heavy atom. The molecule has 0 bridgehead atoms. The first-order valence-electron chi connectivity index (χ1n) is 13.4. The average Bonchev–Trinajstić information content (AvgIpc) is 3.06. The predicted octanol–water partition coefficient (Wildman–Crippen LogP) is 5.68. The van der Waals surface area contributed by atoms with Crippen molar-refractivity contribution in [3.8, 4) is 5.75 Å². The SMILES string of the molecule is CCCOc1ccc(CN2C(=O)c3cc4ccccc4n3C[C@@]2(C)C(=O)NC2CCCCCC2)cc1. The number of amides is 2. The van der Waals surface area contributed by atoms with Crippen LogP contribution in [0.25, 0.3) is 10.9 Å². The minimum Gasteiger partial charge on any atom is -0.494 e. The summed E-state index contributed by atoms with van der Waals surface area (Å²) in [7, 11) is 0. The van der Waals surface area contributed by atoms with Crippen LogP contribution >= 0.6 is 0 Å². The maximum atomic E-state index is 14.0. The minimum absolute atomic E-state index is 0.0610. The summed E-state index contributed by atoms with van der Waals surface area (Å²) in [4.78, 5) is 29.7. The lowest BCUT2D eigenvalue weighted by Crippen LogP contribution is -2.64. The quantitative estimate of drug-likeness (QED) is 0.436. The van der Waals surface area contributed by atoms with Gasteiger partial charge in [0.05, 0.1) is 13.2 Å². The maximum Gasteiger partial charge on any atom is 0.271 e. The van der Waals surface area contributed by atoms with Gasteiger partial charge in [-0.25, -0.2) is 0 Å². The molecule has 190 valence electrons. The lowest BCUT2D eigenvalue weighted by atomic mass is 9.93. The van der Waals surface area contributed by atoms with Crippen molar-refractivity contribution in [1.82, 2.24) is 14.8 Å². The molecule has 1 aliphatic carbocycles. The summed E-state index contributed by atoms with van der Waals surface area (Å²) in [6, 6.07) is 18.0. The first-order chi connectivity index (χ1) is 17.5. The molecule has 3 aromatic rings. The molecule has 1 aromatic heterocycles. The third-order valence-electron chi connectivity index (χ3n) is 7.75. The molecular weight excluding hydrogens is 450 g/mol. The van der Waals surface area contributed by atoms with Crippen molar-refractivity contribution in [3.05, 3.63) is 65.9 Å². The zero-order chi connectivity index (χ0) is 25.1. The van der Waals surface area contributed by atoms with Crippen molar-refractivity contribution in [2.24, 2.45) is 0 Å². The van der Waals surface area contributed by atoms with E-state index in [1.807, 2.05) is 66.1 Å². The molecule has 1 atom stereocenters. The van der Waals surface area contributed by atoms with Gasteiger partial charge in [0.1, 0.15) is 17.0 Å². The van der Waals surface area contributed by atoms with Crippen LogP contribution in [0.3, 0.4) is 0 Å². The Morgan fingerprint density at radius 2 is 1.78 bits per heavy atom. The van der Waals surface area contributed by atoms with E-state index in [4.69, 9.17) is 4.74 Å². The van der Waals surface area contributed by atoms with Crippen LogP contribution < -0.4 is 10.1 Å². The smallest absolute Gasteiger partial charge is 0.271 e. The molecule has 2 heterocycles. The zero-order valence-corrected chi connectivity index (χ0v) is 21.5. The molecule has 0 saturated heterocycles. The largest absolute Gasteiger partial charge is 0.494 e. The van der Waals surface area contributed by atoms with Crippen molar-refractivity contribution >= 4 is 22.7 Å². The molecule has 1 N–H and O–H groups in total. The van der Waals surface area contributed by atoms with E-state index in [1.165, 1.54) is 12.8 Å². The Kier molecular flexibility index (Phi) is 7.04. The second kappa shape index (κ2) is 10.4. The highest BCUT2D eigenvalue weighted by atomic mass is 16.5. The standard InChI is InChI=1S/C30H37N3O3/c1-3-18-36-25-16-14-22(15-17-25)20-33-28(34)27-19-23-10-8-9-13-26(23)32(27)21-30(33,2)29(35)31-24-11-6-4-5-7-12-24/h8-10,13-17,19,24H,3-7,11-12,18,20-21H2,1-2H3,(H,31,35)/t30-/m0/s1. The van der Waals surface area contributed by atoms with Crippen molar-refractivity contribution in [1.29, 1.82) is 0 Å². The van der Waals surface area contributed by atoms with Crippen LogP contribution in [0, 0.1) is 0 Å². The van der Waals surface area contributed by atoms with Crippen molar-refractivity contribution in [2.45, 2.75) is 83.5 Å². The van der Waals surface area contributed by atoms with Gasteiger partial charge in [-0.05, 0) is 56.0 Å². The number of aromatic nitrogens is 1. The Hall–Kier alpha value is -3.28. The van der Waals surface area contributed by atoms with Gasteiger partial charge >= 0.3 is 0 Å². The van der Waals surface area contributed by atoms with E-state index in [0.717, 1.165) is 54.3 Å². The second-order valence-corrected chi connectivity index (χ2v) is 10.5. The molecule has 1 saturated carbocycles. The van der Waals surface area contributed by atoms with Gasteiger partial charge in [0.25, 0.3) is 5.91 Å². The van der Waals surface area contributed by atoms with E-state index in [2.05, 4.69) is 12.2 Å². The van der Waals surface area contributed by atoms with Crippen LogP contribution in [0.5, 0.6) is 5.75 Å². The number of carbonyl (C=O) groups is 2. The molecule has 1 aliphatic heterocycles. The number of benzene rings is 2. The first kappa shape index (κ1) is 24.4. The summed E-state index contributed by atoms with van der Waals surface area (Å²) >= 11 is 0. The average molecular weight is 488 g/mol. The Bertz CT molecular complexity index is 1220. The number of ether oxygens (including phenoxy) is 1. The number of rotatable bonds is 7. The van der Waals surface area contributed by atoms with E-state index in [9.17, 15) is 9.59 Å². The van der Waals surface area contributed by atoms with Crippen LogP contribution in [0.15, 0.2) is 54.6 Å². The van der Waals surface area contributed by atoms with Crippen molar-refractivity contribution < 1.29 is 14.3 Å². The van der Waals surface area contributed by atoms with Gasteiger partial charge in [0.15, 0.2) is 0 Å². The molecule has 6 heteroatoms. The number of hydrogen-bond donors (Lipinski definition) is 1. The van der Waals surface area contributed by atoms with Gasteiger partial charge < -0.3 is 19.5 Å². The Balaban J connectivity index is 1.47. The van der Waals surface area contributed by atoms with Crippen molar-refractivity contribution in [3.63, 3.8) is 0 Å². The first-order valence-corrected chi connectivity index (χ1v) is 13.4. The molecule has 5 rings (SSSR count). The van der Waals surface area contributed by atoms with E-state index in [1.54, 1.807) is 4.90 Å². The molecule has 1 fully saturated rings. The summed E-state index contributed by atoms with van der Waals surface area (Å²) in [6.45, 7) is 5.47. The second-order valence-electron chi connectivity index (χ2n) is 10.5. The molecule has 2 amide bonds. The topological polar surface area (TPSA) is 63.6 Å². The van der Waals surface area contributed by atoms with Crippen molar-refractivity contribution in [2.75, 3.05) is 6.61 Å². The zero-order valence-electron chi connectivity index (χ0n) is 21.5. The third-order valence-corrected chi connectivity index (χ3v) is 7.75.